The molecule has 6 nitrogen and oxygen atoms in total. The summed E-state index contributed by atoms with van der Waals surface area (Å²) in [7, 11) is -1.64. The van der Waals surface area contributed by atoms with Gasteiger partial charge in [0.05, 0.1) is 12.4 Å². The minimum absolute atomic E-state index is 0. The Hall–Kier alpha value is -2.06. The fourth-order valence-corrected chi connectivity index (χ4v) is 5.90. The molecule has 2 atom stereocenters. The molecule has 0 bridgehead atoms. The first-order valence-corrected chi connectivity index (χ1v) is 13.2. The van der Waals surface area contributed by atoms with Crippen molar-refractivity contribution in [2.24, 2.45) is 12.8 Å². The number of benzene rings is 2. The van der Waals surface area contributed by atoms with Gasteiger partial charge in [-0.05, 0) is 73.6 Å². The van der Waals surface area contributed by atoms with Gasteiger partial charge in [0.2, 0.25) is 0 Å². The predicted molar refractivity (Wildman–Crippen MR) is 138 cm³/mol. The average molecular weight is 525 g/mol. The van der Waals surface area contributed by atoms with Gasteiger partial charge < -0.3 is 15.0 Å². The molecule has 0 fully saturated rings. The summed E-state index contributed by atoms with van der Waals surface area (Å²) in [5.41, 5.74) is 10.2. The van der Waals surface area contributed by atoms with E-state index in [1.165, 1.54) is 11.1 Å². The lowest BCUT2D eigenvalue weighted by Crippen LogP contribution is -2.34. The molecule has 0 aliphatic heterocycles. The number of hydrogen-bond donors (Lipinski definition) is 1. The Morgan fingerprint density at radius 2 is 2.03 bits per heavy atom. The van der Waals surface area contributed by atoms with E-state index in [9.17, 15) is 8.42 Å². The summed E-state index contributed by atoms with van der Waals surface area (Å²) in [6.45, 7) is 2.10. The zero-order valence-corrected chi connectivity index (χ0v) is 21.8. The van der Waals surface area contributed by atoms with Crippen LogP contribution in [-0.4, -0.2) is 36.4 Å². The molecule has 0 saturated heterocycles. The van der Waals surface area contributed by atoms with E-state index in [-0.39, 0.29) is 35.1 Å². The molecule has 1 heterocycles. The topological polar surface area (TPSA) is 87.2 Å². The van der Waals surface area contributed by atoms with E-state index in [2.05, 4.69) is 23.2 Å². The maximum Gasteiger partial charge on any atom is 0.197 e. The third-order valence-corrected chi connectivity index (χ3v) is 8.25. The highest BCUT2D eigenvalue weighted by Gasteiger charge is 2.28. The van der Waals surface area contributed by atoms with Crippen LogP contribution in [0.2, 0.25) is 5.02 Å². The number of ether oxygens (including phenoxy) is 1. The SMILES string of the molecule is Cc1nc(S(=O)(=O)CCCOc2ccc3c(c2)C(Cc2cccc(Cl)c2)C(N)CC3)cn1C.Cl. The van der Waals surface area contributed by atoms with Gasteiger partial charge >= 0.3 is 0 Å². The van der Waals surface area contributed by atoms with Gasteiger partial charge in [0.25, 0.3) is 0 Å². The van der Waals surface area contributed by atoms with Crippen LogP contribution in [0.4, 0.5) is 0 Å². The van der Waals surface area contributed by atoms with Gasteiger partial charge in [-0.2, -0.15) is 0 Å². The number of aryl methyl sites for hydroxylation is 3. The van der Waals surface area contributed by atoms with Crippen LogP contribution < -0.4 is 10.5 Å². The van der Waals surface area contributed by atoms with E-state index in [4.69, 9.17) is 22.1 Å². The number of hydrogen-bond acceptors (Lipinski definition) is 5. The smallest absolute Gasteiger partial charge is 0.197 e. The van der Waals surface area contributed by atoms with Crippen LogP contribution in [0, 0.1) is 6.92 Å². The van der Waals surface area contributed by atoms with E-state index in [0.717, 1.165) is 35.6 Å². The second kappa shape index (κ2) is 11.1. The lowest BCUT2D eigenvalue weighted by molar-refractivity contribution is 0.316. The maximum atomic E-state index is 12.5. The Labute approximate surface area is 212 Å². The molecular weight excluding hydrogens is 493 g/mol. The number of fused-ring (bicyclic) bond motifs is 1. The van der Waals surface area contributed by atoms with E-state index in [1.54, 1.807) is 24.7 Å². The van der Waals surface area contributed by atoms with Crippen LogP contribution >= 0.6 is 24.0 Å². The molecule has 4 rings (SSSR count). The van der Waals surface area contributed by atoms with Crippen LogP contribution in [0.1, 0.15) is 41.3 Å². The molecule has 2 unspecified atom stereocenters. The summed E-state index contributed by atoms with van der Waals surface area (Å²) in [5, 5.41) is 0.846. The number of sulfone groups is 1. The highest BCUT2D eigenvalue weighted by molar-refractivity contribution is 7.91. The van der Waals surface area contributed by atoms with Gasteiger partial charge in [0.1, 0.15) is 11.6 Å². The van der Waals surface area contributed by atoms with Gasteiger partial charge in [-0.1, -0.05) is 29.8 Å². The Bertz CT molecular complexity index is 1220. The third kappa shape index (κ3) is 6.13. The molecule has 184 valence electrons. The molecule has 2 N–H and O–H groups in total. The molecule has 0 radical (unpaired) electrons. The van der Waals surface area contributed by atoms with Gasteiger partial charge in [-0.3, -0.25) is 0 Å². The minimum Gasteiger partial charge on any atom is -0.494 e. The van der Waals surface area contributed by atoms with Gasteiger partial charge in [-0.25, -0.2) is 13.4 Å². The van der Waals surface area contributed by atoms with Crippen molar-refractivity contribution in [2.75, 3.05) is 12.4 Å². The predicted octanol–water partition coefficient (Wildman–Crippen LogP) is 4.65. The van der Waals surface area contributed by atoms with Crippen molar-refractivity contribution in [3.63, 3.8) is 0 Å². The Morgan fingerprint density at radius 3 is 2.74 bits per heavy atom. The lowest BCUT2D eigenvalue weighted by Gasteiger charge is -2.32. The molecule has 0 spiro atoms. The molecule has 34 heavy (non-hydrogen) atoms. The third-order valence-electron chi connectivity index (χ3n) is 6.36. The zero-order chi connectivity index (χ0) is 23.6. The van der Waals surface area contributed by atoms with Crippen molar-refractivity contribution in [3.05, 3.63) is 76.2 Å². The van der Waals surface area contributed by atoms with E-state index in [1.807, 2.05) is 24.3 Å². The Balaban J connectivity index is 0.00000324. The van der Waals surface area contributed by atoms with E-state index < -0.39 is 9.84 Å². The Kier molecular flexibility index (Phi) is 8.68. The molecule has 0 saturated carbocycles. The Morgan fingerprint density at radius 1 is 1.24 bits per heavy atom. The van der Waals surface area contributed by atoms with Crippen molar-refractivity contribution in [1.82, 2.24) is 9.55 Å². The fourth-order valence-electron chi connectivity index (χ4n) is 4.39. The lowest BCUT2D eigenvalue weighted by atomic mass is 9.76. The summed E-state index contributed by atoms with van der Waals surface area (Å²) in [4.78, 5) is 4.14. The zero-order valence-electron chi connectivity index (χ0n) is 19.4. The molecule has 1 aromatic heterocycles. The highest BCUT2D eigenvalue weighted by atomic mass is 35.5. The first-order chi connectivity index (χ1) is 15.7. The number of imidazole rings is 1. The van der Waals surface area contributed by atoms with Crippen molar-refractivity contribution < 1.29 is 13.2 Å². The van der Waals surface area contributed by atoms with E-state index in [0.29, 0.717) is 18.9 Å². The maximum absolute atomic E-state index is 12.5. The van der Waals surface area contributed by atoms with Crippen molar-refractivity contribution >= 4 is 33.8 Å². The first kappa shape index (κ1) is 26.5. The normalized spacial score (nSPS) is 17.6. The highest BCUT2D eigenvalue weighted by Crippen LogP contribution is 2.36. The largest absolute Gasteiger partial charge is 0.494 e. The van der Waals surface area contributed by atoms with Crippen LogP contribution in [0.5, 0.6) is 5.75 Å². The van der Waals surface area contributed by atoms with Crippen molar-refractivity contribution in [3.8, 4) is 5.75 Å². The van der Waals surface area contributed by atoms with Crippen LogP contribution in [0.15, 0.2) is 53.7 Å². The molecule has 0 amide bonds. The summed E-state index contributed by atoms with van der Waals surface area (Å²) in [6, 6.07) is 14.1. The fraction of sp³-hybridized carbons (Fsp3) is 0.400. The van der Waals surface area contributed by atoms with Gasteiger partial charge in [-0.15, -0.1) is 12.4 Å². The number of nitrogens with two attached hydrogens (primary N) is 1. The second-order valence-corrected chi connectivity index (χ2v) is 11.3. The van der Waals surface area contributed by atoms with Gasteiger partial charge in [0.15, 0.2) is 14.9 Å². The van der Waals surface area contributed by atoms with Crippen LogP contribution in [0.25, 0.3) is 0 Å². The average Bonchev–Trinajstić information content (AvgIpc) is 3.13. The van der Waals surface area contributed by atoms with E-state index >= 15 is 0 Å². The first-order valence-electron chi connectivity index (χ1n) is 11.2. The molecule has 1 aliphatic rings. The molecule has 3 aromatic rings. The summed E-state index contributed by atoms with van der Waals surface area (Å²) in [6.07, 6.45) is 4.66. The van der Waals surface area contributed by atoms with Crippen molar-refractivity contribution in [1.29, 1.82) is 0 Å². The van der Waals surface area contributed by atoms with Crippen LogP contribution in [0.3, 0.4) is 0 Å². The molecule has 9 heteroatoms. The standard InChI is InChI=1S/C25H30ClN3O3S.ClH/c1-17-28-25(16-29(17)2)33(30,31)12-4-11-32-21-9-7-19-8-10-24(27)23(22(19)15-21)14-18-5-3-6-20(26)13-18;/h3,5-7,9,13,15-16,23-24H,4,8,10-12,14,27H2,1-2H3;1H. The second-order valence-electron chi connectivity index (χ2n) is 8.76. The van der Waals surface area contributed by atoms with Crippen LogP contribution in [-0.2, 0) is 29.7 Å². The number of rotatable bonds is 8. The summed E-state index contributed by atoms with van der Waals surface area (Å²) < 4.78 is 32.7. The monoisotopic (exact) mass is 523 g/mol. The number of aromatic nitrogens is 2. The van der Waals surface area contributed by atoms with Gasteiger partial charge in [0, 0.05) is 30.2 Å². The molecule has 1 aliphatic carbocycles. The molecule has 2 aromatic carbocycles. The summed E-state index contributed by atoms with van der Waals surface area (Å²) >= 11 is 6.18. The molecular formula is C25H31Cl2N3O3S. The number of halogens is 2. The summed E-state index contributed by atoms with van der Waals surface area (Å²) in [5.74, 6) is 1.59. The minimum atomic E-state index is -3.42. The quantitative estimate of drug-likeness (QED) is 0.434. The number of nitrogens with zero attached hydrogens (tertiary/aromatic N) is 2. The van der Waals surface area contributed by atoms with Crippen molar-refractivity contribution in [2.45, 2.75) is 49.6 Å².